The molecule has 2 heterocycles. The maximum Gasteiger partial charge on any atom is 0.256 e. The van der Waals surface area contributed by atoms with Crippen LogP contribution in [0.25, 0.3) is 10.9 Å². The first-order chi connectivity index (χ1) is 12.9. The number of nitrogens with one attached hydrogen (secondary N) is 1. The number of benzene rings is 2. The van der Waals surface area contributed by atoms with Crippen LogP contribution in [0.3, 0.4) is 0 Å². The highest BCUT2D eigenvalue weighted by molar-refractivity contribution is 6.06. The fourth-order valence-electron chi connectivity index (χ4n) is 5.52. The standard InChI is InChI=1S/C24H26N2O/c1-23(2)21-14-16-8-4-6-10-19(16)24(23,3)12-13-26(21)22(27)18-15-25-20-11-7-5-9-17(18)20/h4-11,15,21,25H,12-14H2,1-3H3/t21-,24+/m1/s1. The maximum atomic E-state index is 13.6. The van der Waals surface area contributed by atoms with Crippen molar-refractivity contribution < 1.29 is 4.79 Å². The van der Waals surface area contributed by atoms with Crippen LogP contribution >= 0.6 is 0 Å². The van der Waals surface area contributed by atoms with Gasteiger partial charge in [-0.2, -0.15) is 0 Å². The van der Waals surface area contributed by atoms with Crippen molar-refractivity contribution in [2.24, 2.45) is 5.41 Å². The van der Waals surface area contributed by atoms with Crippen molar-refractivity contribution in [3.63, 3.8) is 0 Å². The summed E-state index contributed by atoms with van der Waals surface area (Å²) in [5.74, 6) is 0.159. The van der Waals surface area contributed by atoms with Gasteiger partial charge in [0, 0.05) is 35.1 Å². The van der Waals surface area contributed by atoms with Crippen LogP contribution in [0.5, 0.6) is 0 Å². The molecule has 1 aliphatic carbocycles. The molecule has 3 heteroatoms. The molecule has 1 aliphatic heterocycles. The summed E-state index contributed by atoms with van der Waals surface area (Å²) in [5, 5.41) is 1.02. The lowest BCUT2D eigenvalue weighted by atomic mass is 9.51. The third kappa shape index (κ3) is 2.11. The Hall–Kier alpha value is -2.55. The summed E-state index contributed by atoms with van der Waals surface area (Å²) in [7, 11) is 0. The lowest BCUT2D eigenvalue weighted by Crippen LogP contribution is -2.64. The molecule has 1 fully saturated rings. The molecule has 138 valence electrons. The summed E-state index contributed by atoms with van der Waals surface area (Å²) in [6, 6.07) is 17.1. The normalized spacial score (nSPS) is 26.0. The number of H-pyrrole nitrogens is 1. The second kappa shape index (κ2) is 5.48. The van der Waals surface area contributed by atoms with Gasteiger partial charge >= 0.3 is 0 Å². The Balaban J connectivity index is 1.59. The lowest BCUT2D eigenvalue weighted by Gasteiger charge is -2.60. The molecule has 1 saturated heterocycles. The topological polar surface area (TPSA) is 36.1 Å². The molecule has 27 heavy (non-hydrogen) atoms. The van der Waals surface area contributed by atoms with Gasteiger partial charge in [-0.3, -0.25) is 4.79 Å². The van der Waals surface area contributed by atoms with Gasteiger partial charge in [0.1, 0.15) is 0 Å². The zero-order valence-corrected chi connectivity index (χ0v) is 16.3. The van der Waals surface area contributed by atoms with Gasteiger partial charge in [-0.1, -0.05) is 63.2 Å². The first kappa shape index (κ1) is 16.6. The number of aromatic amines is 1. The van der Waals surface area contributed by atoms with Crippen molar-refractivity contribution in [2.75, 3.05) is 6.54 Å². The Morgan fingerprint density at radius 3 is 2.67 bits per heavy atom. The van der Waals surface area contributed by atoms with E-state index in [2.05, 4.69) is 54.9 Å². The summed E-state index contributed by atoms with van der Waals surface area (Å²) >= 11 is 0. The number of hydrogen-bond donors (Lipinski definition) is 1. The number of para-hydroxylation sites is 1. The summed E-state index contributed by atoms with van der Waals surface area (Å²) in [6.45, 7) is 7.91. The van der Waals surface area contributed by atoms with Gasteiger partial charge in [0.15, 0.2) is 0 Å². The summed E-state index contributed by atoms with van der Waals surface area (Å²) in [5.41, 5.74) is 4.83. The monoisotopic (exact) mass is 358 g/mol. The van der Waals surface area contributed by atoms with Gasteiger partial charge in [0.05, 0.1) is 5.56 Å². The van der Waals surface area contributed by atoms with Gasteiger partial charge in [-0.25, -0.2) is 0 Å². The van der Waals surface area contributed by atoms with Gasteiger partial charge in [0.25, 0.3) is 5.91 Å². The molecule has 1 N–H and O–H groups in total. The highest BCUT2D eigenvalue weighted by Crippen LogP contribution is 2.56. The summed E-state index contributed by atoms with van der Waals surface area (Å²) < 4.78 is 0. The highest BCUT2D eigenvalue weighted by atomic mass is 16.2. The number of hydrogen-bond acceptors (Lipinski definition) is 1. The molecule has 1 aromatic heterocycles. The quantitative estimate of drug-likeness (QED) is 0.658. The number of carbonyl (C=O) groups is 1. The third-order valence-electron chi connectivity index (χ3n) is 7.59. The van der Waals surface area contributed by atoms with Crippen LogP contribution in [0, 0.1) is 5.41 Å². The van der Waals surface area contributed by atoms with Crippen LogP contribution in [0.2, 0.25) is 0 Å². The van der Waals surface area contributed by atoms with E-state index in [1.165, 1.54) is 11.1 Å². The number of likely N-dealkylation sites (tertiary alicyclic amines) is 1. The van der Waals surface area contributed by atoms with Crippen LogP contribution in [0.1, 0.15) is 48.7 Å². The van der Waals surface area contributed by atoms with E-state index in [4.69, 9.17) is 0 Å². The average molecular weight is 358 g/mol. The Morgan fingerprint density at radius 1 is 1.07 bits per heavy atom. The fraction of sp³-hybridized carbons (Fsp3) is 0.375. The van der Waals surface area contributed by atoms with Crippen LogP contribution in [0.15, 0.2) is 54.7 Å². The molecule has 0 spiro atoms. The van der Waals surface area contributed by atoms with Gasteiger partial charge in [0.2, 0.25) is 0 Å². The van der Waals surface area contributed by atoms with Crippen LogP contribution in [-0.2, 0) is 11.8 Å². The minimum absolute atomic E-state index is 0.0291. The van der Waals surface area contributed by atoms with Crippen LogP contribution in [-0.4, -0.2) is 28.4 Å². The summed E-state index contributed by atoms with van der Waals surface area (Å²) in [4.78, 5) is 19.0. The Kier molecular flexibility index (Phi) is 3.37. The molecule has 3 nitrogen and oxygen atoms in total. The summed E-state index contributed by atoms with van der Waals surface area (Å²) in [6.07, 6.45) is 3.82. The second-order valence-corrected chi connectivity index (χ2v) is 8.93. The number of nitrogens with zero attached hydrogens (tertiary/aromatic N) is 1. The Bertz CT molecular complexity index is 1050. The minimum atomic E-state index is 0.0291. The van der Waals surface area contributed by atoms with E-state index in [0.29, 0.717) is 0 Å². The molecular weight excluding hydrogens is 332 g/mol. The van der Waals surface area contributed by atoms with Crippen molar-refractivity contribution in [1.82, 2.24) is 9.88 Å². The van der Waals surface area contributed by atoms with E-state index in [1.54, 1.807) is 0 Å². The van der Waals surface area contributed by atoms with E-state index in [1.807, 2.05) is 30.5 Å². The molecular formula is C24H26N2O. The predicted molar refractivity (Wildman–Crippen MR) is 109 cm³/mol. The predicted octanol–water partition coefficient (Wildman–Crippen LogP) is 4.92. The molecule has 3 aromatic rings. The van der Waals surface area contributed by atoms with Crippen molar-refractivity contribution >= 4 is 16.8 Å². The fourth-order valence-corrected chi connectivity index (χ4v) is 5.52. The highest BCUT2D eigenvalue weighted by Gasteiger charge is 2.56. The maximum absolute atomic E-state index is 13.6. The van der Waals surface area contributed by atoms with E-state index in [0.717, 1.165) is 35.9 Å². The smallest absolute Gasteiger partial charge is 0.256 e. The van der Waals surface area contributed by atoms with E-state index >= 15 is 0 Å². The molecule has 1 amide bonds. The third-order valence-corrected chi connectivity index (χ3v) is 7.59. The first-order valence-corrected chi connectivity index (χ1v) is 9.89. The van der Waals surface area contributed by atoms with E-state index < -0.39 is 0 Å². The Morgan fingerprint density at radius 2 is 1.81 bits per heavy atom. The molecule has 2 atom stereocenters. The zero-order chi connectivity index (χ0) is 18.8. The molecule has 5 rings (SSSR count). The molecule has 0 saturated carbocycles. The van der Waals surface area contributed by atoms with Crippen LogP contribution in [0.4, 0.5) is 0 Å². The number of amides is 1. The molecule has 0 radical (unpaired) electrons. The van der Waals surface area contributed by atoms with Crippen LogP contribution < -0.4 is 0 Å². The van der Waals surface area contributed by atoms with Crippen molar-refractivity contribution in [1.29, 1.82) is 0 Å². The van der Waals surface area contributed by atoms with Crippen molar-refractivity contribution in [3.8, 4) is 0 Å². The molecule has 2 aromatic carbocycles. The van der Waals surface area contributed by atoms with Crippen molar-refractivity contribution in [3.05, 3.63) is 71.4 Å². The number of carbonyl (C=O) groups excluding carboxylic acids is 1. The minimum Gasteiger partial charge on any atom is -0.360 e. The average Bonchev–Trinajstić information content (AvgIpc) is 3.08. The largest absolute Gasteiger partial charge is 0.360 e. The number of rotatable bonds is 1. The molecule has 2 bridgehead atoms. The number of fused-ring (bicyclic) bond motifs is 5. The Labute approximate surface area is 160 Å². The van der Waals surface area contributed by atoms with E-state index in [-0.39, 0.29) is 22.8 Å². The SMILES string of the molecule is CC1(C)[C@H]2Cc3ccccc3[C@]1(C)CCN2C(=O)c1c[nH]c2ccccc12. The van der Waals surface area contributed by atoms with Gasteiger partial charge in [-0.15, -0.1) is 0 Å². The van der Waals surface area contributed by atoms with Gasteiger partial charge < -0.3 is 9.88 Å². The molecule has 0 unspecified atom stereocenters. The van der Waals surface area contributed by atoms with E-state index in [9.17, 15) is 4.79 Å². The van der Waals surface area contributed by atoms with Crippen molar-refractivity contribution in [2.45, 2.75) is 45.1 Å². The lowest BCUT2D eigenvalue weighted by molar-refractivity contribution is -0.0261. The number of aromatic nitrogens is 1. The van der Waals surface area contributed by atoms with Gasteiger partial charge in [-0.05, 0) is 35.4 Å². The number of piperidine rings is 1. The zero-order valence-electron chi connectivity index (χ0n) is 16.3. The molecule has 2 aliphatic rings. The first-order valence-electron chi connectivity index (χ1n) is 9.89. The second-order valence-electron chi connectivity index (χ2n) is 8.93.